The number of amides is 2. The third-order valence-electron chi connectivity index (χ3n) is 4.83. The summed E-state index contributed by atoms with van der Waals surface area (Å²) in [5, 5.41) is 6.76. The van der Waals surface area contributed by atoms with Gasteiger partial charge < -0.3 is 15.5 Å². The number of hydrogen-bond acceptors (Lipinski definition) is 3. The molecule has 0 spiro atoms. The van der Waals surface area contributed by atoms with Crippen molar-refractivity contribution in [3.63, 3.8) is 0 Å². The summed E-state index contributed by atoms with van der Waals surface area (Å²) in [5.41, 5.74) is 4.90. The predicted molar refractivity (Wildman–Crippen MR) is 104 cm³/mol. The van der Waals surface area contributed by atoms with Crippen LogP contribution in [0, 0.1) is 5.82 Å². The molecule has 0 saturated carbocycles. The van der Waals surface area contributed by atoms with Gasteiger partial charge in [0.15, 0.2) is 0 Å². The van der Waals surface area contributed by atoms with Crippen LogP contribution in [0.3, 0.4) is 0 Å². The van der Waals surface area contributed by atoms with Crippen LogP contribution in [-0.4, -0.2) is 22.5 Å². The molecule has 1 aliphatic heterocycles. The van der Waals surface area contributed by atoms with E-state index >= 15 is 0 Å². The van der Waals surface area contributed by atoms with Crippen molar-refractivity contribution in [2.45, 2.75) is 26.6 Å². The van der Waals surface area contributed by atoms with Crippen molar-refractivity contribution in [1.29, 1.82) is 0 Å². The fraction of sp³-hybridized carbons (Fsp3) is 0.238. The Morgan fingerprint density at radius 1 is 1.19 bits per heavy atom. The van der Waals surface area contributed by atoms with Crippen LogP contribution in [0.5, 0.6) is 0 Å². The lowest BCUT2D eigenvalue weighted by molar-refractivity contribution is 0.199. The van der Waals surface area contributed by atoms with Gasteiger partial charge in [0, 0.05) is 43.4 Å². The molecule has 2 N–H and O–H groups in total. The molecule has 0 atom stereocenters. The van der Waals surface area contributed by atoms with Crippen molar-refractivity contribution in [2.75, 3.05) is 11.9 Å². The van der Waals surface area contributed by atoms with Crippen LogP contribution in [0.2, 0.25) is 0 Å². The van der Waals surface area contributed by atoms with Gasteiger partial charge in [-0.25, -0.2) is 9.18 Å². The summed E-state index contributed by atoms with van der Waals surface area (Å²) in [4.78, 5) is 18.2. The normalized spacial score (nSPS) is 12.9. The summed E-state index contributed by atoms with van der Waals surface area (Å²) in [6.45, 7) is 4.33. The minimum absolute atomic E-state index is 0.0351. The molecular formula is C21H21FN4O. The Balaban J connectivity index is 1.49. The molecule has 138 valence electrons. The molecule has 27 heavy (non-hydrogen) atoms. The fourth-order valence-electron chi connectivity index (χ4n) is 3.45. The van der Waals surface area contributed by atoms with Crippen molar-refractivity contribution < 1.29 is 9.18 Å². The highest BCUT2D eigenvalue weighted by Crippen LogP contribution is 2.27. The number of rotatable bonds is 4. The van der Waals surface area contributed by atoms with E-state index in [-0.39, 0.29) is 11.8 Å². The Bertz CT molecular complexity index is 1000. The number of carbonyl (C=O) groups is 1. The highest BCUT2D eigenvalue weighted by Gasteiger charge is 2.23. The van der Waals surface area contributed by atoms with Crippen LogP contribution < -0.4 is 10.6 Å². The molecule has 2 heterocycles. The first-order valence-electron chi connectivity index (χ1n) is 9.06. The van der Waals surface area contributed by atoms with Crippen molar-refractivity contribution >= 4 is 22.6 Å². The van der Waals surface area contributed by atoms with Crippen LogP contribution >= 0.6 is 0 Å². The van der Waals surface area contributed by atoms with E-state index in [2.05, 4.69) is 27.8 Å². The third kappa shape index (κ3) is 3.43. The maximum atomic E-state index is 13.9. The Morgan fingerprint density at radius 2 is 2.04 bits per heavy atom. The van der Waals surface area contributed by atoms with Crippen molar-refractivity contribution in [3.05, 3.63) is 71.2 Å². The monoisotopic (exact) mass is 364 g/mol. The second-order valence-electron chi connectivity index (χ2n) is 6.63. The first kappa shape index (κ1) is 17.3. The molecule has 1 aromatic heterocycles. The molecule has 6 heteroatoms. The van der Waals surface area contributed by atoms with Crippen molar-refractivity contribution in [1.82, 2.24) is 15.2 Å². The standard InChI is InChI=1S/C21H21FN4O/c1-2-23-21(27)26-12-15-5-7-17(10-16(15)13-26)25-11-14-6-8-19(22)18-4-3-9-24-20(14)18/h3-10,25H,2,11-13H2,1H3,(H,23,27). The van der Waals surface area contributed by atoms with E-state index in [4.69, 9.17) is 0 Å². The molecule has 0 bridgehead atoms. The Labute approximate surface area is 157 Å². The lowest BCUT2D eigenvalue weighted by atomic mass is 10.1. The SMILES string of the molecule is CCNC(=O)N1Cc2ccc(NCc3ccc(F)c4cccnc34)cc2C1. The molecule has 2 aromatic carbocycles. The summed E-state index contributed by atoms with van der Waals surface area (Å²) in [7, 11) is 0. The van der Waals surface area contributed by atoms with Crippen LogP contribution in [0.1, 0.15) is 23.6 Å². The number of anilines is 1. The average molecular weight is 364 g/mol. The molecule has 0 fully saturated rings. The zero-order valence-electron chi connectivity index (χ0n) is 15.1. The van der Waals surface area contributed by atoms with Crippen LogP contribution in [-0.2, 0) is 19.6 Å². The zero-order valence-corrected chi connectivity index (χ0v) is 15.1. The van der Waals surface area contributed by atoms with Gasteiger partial charge in [-0.3, -0.25) is 4.98 Å². The summed E-state index contributed by atoms with van der Waals surface area (Å²) in [5.74, 6) is -0.259. The smallest absolute Gasteiger partial charge is 0.317 e. The number of urea groups is 1. The highest BCUT2D eigenvalue weighted by atomic mass is 19.1. The minimum atomic E-state index is -0.259. The van der Waals surface area contributed by atoms with Crippen LogP contribution in [0.15, 0.2) is 48.7 Å². The summed E-state index contributed by atoms with van der Waals surface area (Å²) in [6.07, 6.45) is 1.68. The molecule has 0 saturated heterocycles. The number of hydrogen-bond donors (Lipinski definition) is 2. The van der Waals surface area contributed by atoms with Gasteiger partial charge in [-0.05, 0) is 53.9 Å². The molecular weight excluding hydrogens is 343 g/mol. The Kier molecular flexibility index (Phi) is 4.62. The minimum Gasteiger partial charge on any atom is -0.381 e. The first-order valence-corrected chi connectivity index (χ1v) is 9.06. The molecule has 0 unspecified atom stereocenters. The summed E-state index contributed by atoms with van der Waals surface area (Å²) in [6, 6.07) is 12.8. The summed E-state index contributed by atoms with van der Waals surface area (Å²) >= 11 is 0. The number of benzene rings is 2. The van der Waals surface area contributed by atoms with E-state index in [1.54, 1.807) is 29.3 Å². The molecule has 3 aromatic rings. The van der Waals surface area contributed by atoms with Gasteiger partial charge in [0.05, 0.1) is 5.52 Å². The van der Waals surface area contributed by atoms with Gasteiger partial charge >= 0.3 is 6.03 Å². The average Bonchev–Trinajstić information content (AvgIpc) is 3.11. The van der Waals surface area contributed by atoms with Crippen molar-refractivity contribution in [3.8, 4) is 0 Å². The molecule has 1 aliphatic rings. The third-order valence-corrected chi connectivity index (χ3v) is 4.83. The number of carbonyl (C=O) groups excluding carboxylic acids is 1. The second kappa shape index (κ2) is 7.23. The molecule has 5 nitrogen and oxygen atoms in total. The van der Waals surface area contributed by atoms with Gasteiger partial charge in [0.2, 0.25) is 0 Å². The largest absolute Gasteiger partial charge is 0.381 e. The number of nitrogens with one attached hydrogen (secondary N) is 2. The van der Waals surface area contributed by atoms with E-state index in [1.807, 2.05) is 13.0 Å². The second-order valence-corrected chi connectivity index (χ2v) is 6.63. The van der Waals surface area contributed by atoms with Crippen LogP contribution in [0.4, 0.5) is 14.9 Å². The zero-order chi connectivity index (χ0) is 18.8. The number of fused-ring (bicyclic) bond motifs is 2. The van der Waals surface area contributed by atoms with E-state index < -0.39 is 0 Å². The van der Waals surface area contributed by atoms with E-state index in [0.717, 1.165) is 16.8 Å². The number of aromatic nitrogens is 1. The van der Waals surface area contributed by atoms with Gasteiger partial charge in [0.1, 0.15) is 5.82 Å². The highest BCUT2D eigenvalue weighted by molar-refractivity contribution is 5.82. The molecule has 0 radical (unpaired) electrons. The number of halogens is 1. The van der Waals surface area contributed by atoms with E-state index in [0.29, 0.717) is 37.1 Å². The quantitative estimate of drug-likeness (QED) is 0.735. The predicted octanol–water partition coefficient (Wildman–Crippen LogP) is 4.03. The van der Waals surface area contributed by atoms with Gasteiger partial charge in [-0.1, -0.05) is 12.1 Å². The molecule has 4 rings (SSSR count). The topological polar surface area (TPSA) is 57.3 Å². The van der Waals surface area contributed by atoms with Gasteiger partial charge in [0.25, 0.3) is 0 Å². The summed E-state index contributed by atoms with van der Waals surface area (Å²) < 4.78 is 13.9. The van der Waals surface area contributed by atoms with E-state index in [9.17, 15) is 9.18 Å². The maximum absolute atomic E-state index is 13.9. The van der Waals surface area contributed by atoms with Gasteiger partial charge in [-0.2, -0.15) is 0 Å². The number of pyridine rings is 1. The van der Waals surface area contributed by atoms with Gasteiger partial charge in [-0.15, -0.1) is 0 Å². The van der Waals surface area contributed by atoms with Crippen LogP contribution in [0.25, 0.3) is 10.9 Å². The number of nitrogens with zero attached hydrogens (tertiary/aromatic N) is 2. The maximum Gasteiger partial charge on any atom is 0.317 e. The lowest BCUT2D eigenvalue weighted by Crippen LogP contribution is -2.36. The first-order chi connectivity index (χ1) is 13.2. The molecule has 0 aliphatic carbocycles. The Hall–Kier alpha value is -3.15. The van der Waals surface area contributed by atoms with E-state index in [1.165, 1.54) is 11.6 Å². The molecule has 2 amide bonds. The Morgan fingerprint density at radius 3 is 2.89 bits per heavy atom. The lowest BCUT2D eigenvalue weighted by Gasteiger charge is -2.15. The fourth-order valence-corrected chi connectivity index (χ4v) is 3.45. The van der Waals surface area contributed by atoms with Crippen molar-refractivity contribution in [2.24, 2.45) is 0 Å².